The van der Waals surface area contributed by atoms with Crippen LogP contribution < -0.4 is 11.1 Å². The molecular formula is C24H18ClN3O4S3. The number of thiophene rings is 2. The number of fused-ring (bicyclic) bond motifs is 1. The number of aromatic nitrogens is 1. The molecule has 1 saturated carbocycles. The van der Waals surface area contributed by atoms with Crippen LogP contribution in [-0.4, -0.2) is 21.5 Å². The highest BCUT2D eigenvalue weighted by atomic mass is 35.5. The van der Waals surface area contributed by atoms with Gasteiger partial charge in [-0.2, -0.15) is 4.37 Å². The number of nitrogens with one attached hydrogen (secondary N) is 1. The van der Waals surface area contributed by atoms with Crippen molar-refractivity contribution in [2.24, 2.45) is 0 Å². The number of carbonyl (C=O) groups is 2. The van der Waals surface area contributed by atoms with E-state index in [0.717, 1.165) is 30.7 Å². The van der Waals surface area contributed by atoms with Gasteiger partial charge >= 0.3 is 12.1 Å². The van der Waals surface area contributed by atoms with Crippen LogP contribution in [0.1, 0.15) is 46.1 Å². The maximum absolute atomic E-state index is 12.5. The van der Waals surface area contributed by atoms with Crippen molar-refractivity contribution in [2.75, 3.05) is 11.1 Å². The summed E-state index contributed by atoms with van der Waals surface area (Å²) in [7, 11) is 0. The summed E-state index contributed by atoms with van der Waals surface area (Å²) in [4.78, 5) is 26.3. The maximum atomic E-state index is 12.5. The van der Waals surface area contributed by atoms with Crippen molar-refractivity contribution >= 4 is 78.8 Å². The van der Waals surface area contributed by atoms with Crippen molar-refractivity contribution < 1.29 is 19.4 Å². The number of benzene rings is 1. The van der Waals surface area contributed by atoms with E-state index >= 15 is 0 Å². The van der Waals surface area contributed by atoms with Gasteiger partial charge in [0.25, 0.3) is 0 Å². The fourth-order valence-electron chi connectivity index (χ4n) is 3.61. The van der Waals surface area contributed by atoms with E-state index in [4.69, 9.17) is 22.1 Å². The average Bonchev–Trinajstić information content (AvgIpc) is 3.25. The molecule has 1 aliphatic rings. The highest BCUT2D eigenvalue weighted by Crippen LogP contribution is 2.52. The second-order valence-corrected chi connectivity index (χ2v) is 11.4. The first-order chi connectivity index (χ1) is 16.8. The molecule has 5 rings (SSSR count). The van der Waals surface area contributed by atoms with Gasteiger partial charge in [-0.25, -0.2) is 4.79 Å². The third kappa shape index (κ3) is 4.60. The number of carboxylic acids is 1. The monoisotopic (exact) mass is 543 g/mol. The standard InChI is InChI=1S/C24H18ClN3O4S3/c1-12(14-4-2-3-5-15(14)25)32-23(31)27-20-16(35-28-21(20)26)7-6-13-10-17-18(33-13)11-19(34-17)24(8-9-24)22(29)30/h2-5,10-12H,8-9H2,1H3,(H2,26,28)(H,27,31)(H,29,30). The van der Waals surface area contributed by atoms with Crippen LogP contribution >= 0.6 is 45.8 Å². The lowest BCUT2D eigenvalue weighted by molar-refractivity contribution is -0.139. The zero-order chi connectivity index (χ0) is 24.7. The molecule has 1 amide bonds. The molecule has 35 heavy (non-hydrogen) atoms. The van der Waals surface area contributed by atoms with E-state index < -0.39 is 23.6 Å². The summed E-state index contributed by atoms with van der Waals surface area (Å²) in [6.07, 6.45) is 0.116. The lowest BCUT2D eigenvalue weighted by atomic mass is 10.1. The quantitative estimate of drug-likeness (QED) is 0.248. The molecule has 3 aromatic heterocycles. The minimum atomic E-state index is -0.756. The van der Waals surface area contributed by atoms with Crippen LogP contribution in [0.5, 0.6) is 0 Å². The zero-order valence-electron chi connectivity index (χ0n) is 18.3. The summed E-state index contributed by atoms with van der Waals surface area (Å²) in [6.45, 7) is 1.73. The Morgan fingerprint density at radius 1 is 1.23 bits per heavy atom. The van der Waals surface area contributed by atoms with Gasteiger partial charge in [0.1, 0.15) is 22.1 Å². The number of nitrogens with two attached hydrogens (primary N) is 1. The molecule has 3 heterocycles. The molecule has 1 fully saturated rings. The average molecular weight is 544 g/mol. The Morgan fingerprint density at radius 2 is 1.97 bits per heavy atom. The lowest BCUT2D eigenvalue weighted by Crippen LogP contribution is -2.17. The number of nitrogens with zero attached hydrogens (tertiary/aromatic N) is 1. The van der Waals surface area contributed by atoms with E-state index in [1.807, 2.05) is 18.2 Å². The number of carbonyl (C=O) groups excluding carboxylic acids is 1. The molecule has 0 saturated heterocycles. The van der Waals surface area contributed by atoms with Gasteiger partial charge in [0.05, 0.1) is 4.88 Å². The van der Waals surface area contributed by atoms with Gasteiger partial charge in [0, 0.05) is 24.9 Å². The Morgan fingerprint density at radius 3 is 2.66 bits per heavy atom. The van der Waals surface area contributed by atoms with Crippen LogP contribution in [0.25, 0.3) is 9.40 Å². The number of aliphatic carboxylic acids is 1. The molecule has 0 bridgehead atoms. The number of anilines is 2. The third-order valence-corrected chi connectivity index (χ3v) is 9.24. The number of ether oxygens (including phenoxy) is 1. The van der Waals surface area contributed by atoms with Crippen LogP contribution in [0.15, 0.2) is 36.4 Å². The predicted octanol–water partition coefficient (Wildman–Crippen LogP) is 6.48. The molecule has 7 nitrogen and oxygen atoms in total. The van der Waals surface area contributed by atoms with Crippen molar-refractivity contribution in [3.8, 4) is 11.8 Å². The van der Waals surface area contributed by atoms with Crippen molar-refractivity contribution in [3.05, 3.63) is 61.6 Å². The van der Waals surface area contributed by atoms with E-state index in [-0.39, 0.29) is 5.82 Å². The molecule has 0 spiro atoms. The van der Waals surface area contributed by atoms with Crippen molar-refractivity contribution in [3.63, 3.8) is 0 Å². The van der Waals surface area contributed by atoms with Crippen molar-refractivity contribution in [2.45, 2.75) is 31.3 Å². The third-order valence-electron chi connectivity index (χ3n) is 5.71. The van der Waals surface area contributed by atoms with Crippen LogP contribution in [0.2, 0.25) is 5.02 Å². The highest BCUT2D eigenvalue weighted by Gasteiger charge is 2.53. The maximum Gasteiger partial charge on any atom is 0.412 e. The minimum Gasteiger partial charge on any atom is -0.481 e. The first-order valence-corrected chi connectivity index (χ1v) is 13.3. The molecule has 11 heteroatoms. The van der Waals surface area contributed by atoms with Gasteiger partial charge in [0.15, 0.2) is 5.82 Å². The summed E-state index contributed by atoms with van der Waals surface area (Å²) in [5.41, 5.74) is 6.25. The van der Waals surface area contributed by atoms with Gasteiger partial charge < -0.3 is 15.6 Å². The fraction of sp³-hybridized carbons (Fsp3) is 0.208. The summed E-state index contributed by atoms with van der Waals surface area (Å²) >= 11 is 10.3. The van der Waals surface area contributed by atoms with E-state index in [9.17, 15) is 14.7 Å². The molecule has 1 unspecified atom stereocenters. The Kier molecular flexibility index (Phi) is 6.19. The molecule has 0 aliphatic heterocycles. The van der Waals surface area contributed by atoms with Gasteiger partial charge in [0.2, 0.25) is 0 Å². The molecule has 178 valence electrons. The van der Waals surface area contributed by atoms with Crippen LogP contribution in [-0.2, 0) is 14.9 Å². The number of amides is 1. The van der Waals surface area contributed by atoms with Gasteiger partial charge in [-0.15, -0.1) is 22.7 Å². The van der Waals surface area contributed by atoms with E-state index in [2.05, 4.69) is 21.5 Å². The summed E-state index contributed by atoms with van der Waals surface area (Å²) in [5, 5.41) is 12.7. The molecule has 1 aliphatic carbocycles. The molecule has 1 aromatic carbocycles. The fourth-order valence-corrected chi connectivity index (χ4v) is 7.01. The molecule has 4 aromatic rings. The van der Waals surface area contributed by atoms with E-state index in [1.54, 1.807) is 25.1 Å². The second-order valence-electron chi connectivity index (χ2n) is 8.05. The largest absolute Gasteiger partial charge is 0.481 e. The lowest BCUT2D eigenvalue weighted by Gasteiger charge is -2.15. The number of halogens is 1. The summed E-state index contributed by atoms with van der Waals surface area (Å²) in [6, 6.07) is 11.1. The Labute approximate surface area is 217 Å². The van der Waals surface area contributed by atoms with E-state index in [0.29, 0.717) is 34.0 Å². The SMILES string of the molecule is CC(OC(=O)Nc1c(N)nsc1C#Cc1cc2sc(C3(C(=O)O)CC3)cc2s1)c1ccccc1Cl. The number of hydrogen-bond acceptors (Lipinski definition) is 8. The van der Waals surface area contributed by atoms with Crippen LogP contribution in [0.3, 0.4) is 0 Å². The number of rotatable bonds is 5. The van der Waals surface area contributed by atoms with Crippen molar-refractivity contribution in [1.29, 1.82) is 0 Å². The topological polar surface area (TPSA) is 115 Å². The summed E-state index contributed by atoms with van der Waals surface area (Å²) < 4.78 is 11.6. The van der Waals surface area contributed by atoms with Gasteiger partial charge in [-0.3, -0.25) is 10.1 Å². The number of carboxylic acid groups (broad SMARTS) is 1. The van der Waals surface area contributed by atoms with Crippen molar-refractivity contribution in [1.82, 2.24) is 4.37 Å². The number of hydrogen-bond donors (Lipinski definition) is 3. The minimum absolute atomic E-state index is 0.154. The Balaban J connectivity index is 1.30. The van der Waals surface area contributed by atoms with Crippen LogP contribution in [0.4, 0.5) is 16.3 Å². The molecule has 4 N–H and O–H groups in total. The highest BCUT2D eigenvalue weighted by molar-refractivity contribution is 7.28. The normalized spacial score (nSPS) is 14.7. The number of nitrogen functional groups attached to an aromatic ring is 1. The first-order valence-electron chi connectivity index (χ1n) is 10.5. The molecular weight excluding hydrogens is 526 g/mol. The smallest absolute Gasteiger partial charge is 0.412 e. The van der Waals surface area contributed by atoms with E-state index in [1.165, 1.54) is 22.7 Å². The Bertz CT molecular complexity index is 1490. The van der Waals surface area contributed by atoms with Crippen LogP contribution in [0, 0.1) is 11.8 Å². The Hall–Kier alpha value is -3.10. The summed E-state index contributed by atoms with van der Waals surface area (Å²) in [5.74, 6) is 5.53. The predicted molar refractivity (Wildman–Crippen MR) is 141 cm³/mol. The second kappa shape index (κ2) is 9.17. The zero-order valence-corrected chi connectivity index (χ0v) is 21.5. The van der Waals surface area contributed by atoms with Gasteiger partial charge in [-0.05, 0) is 61.3 Å². The first kappa shape index (κ1) is 23.6. The van der Waals surface area contributed by atoms with Gasteiger partial charge in [-0.1, -0.05) is 29.8 Å². The molecule has 1 atom stereocenters. The molecule has 0 radical (unpaired) electrons.